The summed E-state index contributed by atoms with van der Waals surface area (Å²) in [4.78, 5) is 14.5. The molecule has 0 atom stereocenters. The van der Waals surface area contributed by atoms with Crippen molar-refractivity contribution in [1.29, 1.82) is 0 Å². The normalized spacial score (nSPS) is 14.6. The van der Waals surface area contributed by atoms with Gasteiger partial charge >= 0.3 is 0 Å². The molecule has 1 amide bonds. The third-order valence-corrected chi connectivity index (χ3v) is 4.84. The van der Waals surface area contributed by atoms with E-state index in [2.05, 4.69) is 39.7 Å². The van der Waals surface area contributed by atoms with Gasteiger partial charge in [-0.25, -0.2) is 5.43 Å². The minimum atomic E-state index is -0.251. The third kappa shape index (κ3) is 6.19. The molecule has 3 rings (SSSR count). The van der Waals surface area contributed by atoms with E-state index in [0.717, 1.165) is 43.8 Å². The summed E-state index contributed by atoms with van der Waals surface area (Å²) < 4.78 is 10.5. The maximum atomic E-state index is 12.1. The molecule has 1 heterocycles. The number of likely N-dealkylation sites (tertiary alicyclic amines) is 1. The molecule has 0 saturated carbocycles. The molecule has 2 aromatic rings. The first-order valence-electron chi connectivity index (χ1n) is 9.69. The van der Waals surface area contributed by atoms with Crippen LogP contribution >= 0.6 is 0 Å². The van der Waals surface area contributed by atoms with Gasteiger partial charge in [0.2, 0.25) is 0 Å². The second-order valence-electron chi connectivity index (χ2n) is 6.86. The average molecular weight is 393 g/mol. The van der Waals surface area contributed by atoms with Gasteiger partial charge in [-0.15, -0.1) is 0 Å². The van der Waals surface area contributed by atoms with E-state index in [0.29, 0.717) is 11.5 Å². The fourth-order valence-electron chi connectivity index (χ4n) is 3.22. The van der Waals surface area contributed by atoms with E-state index in [1.807, 2.05) is 18.2 Å². The van der Waals surface area contributed by atoms with Gasteiger partial charge in [0, 0.05) is 44.3 Å². The van der Waals surface area contributed by atoms with Gasteiger partial charge in [0.15, 0.2) is 11.5 Å². The number of benzene rings is 2. The molecule has 0 aromatic heterocycles. The fourth-order valence-corrected chi connectivity index (χ4v) is 3.22. The summed E-state index contributed by atoms with van der Waals surface area (Å²) in [6.45, 7) is 2.85. The van der Waals surface area contributed by atoms with E-state index in [1.54, 1.807) is 26.4 Å². The molecule has 0 spiro atoms. The summed E-state index contributed by atoms with van der Waals surface area (Å²) in [5.74, 6) is 1.02. The monoisotopic (exact) mass is 393 g/mol. The number of hydrazone groups is 1. The summed E-state index contributed by atoms with van der Waals surface area (Å²) in [5.41, 5.74) is 5.82. The molecule has 0 radical (unpaired) electrons. The zero-order chi connectivity index (χ0) is 20.5. The highest BCUT2D eigenvalue weighted by molar-refractivity contribution is 5.93. The Balaban J connectivity index is 1.47. The molecule has 6 nitrogen and oxygen atoms in total. The predicted molar refractivity (Wildman–Crippen MR) is 115 cm³/mol. The van der Waals surface area contributed by atoms with Crippen LogP contribution in [0.4, 0.5) is 0 Å². The lowest BCUT2D eigenvalue weighted by atomic mass is 10.1. The van der Waals surface area contributed by atoms with E-state index in [9.17, 15) is 4.79 Å². The Hall–Kier alpha value is -3.12. The molecule has 0 unspecified atom stereocenters. The number of hydrogen-bond acceptors (Lipinski definition) is 5. The third-order valence-electron chi connectivity index (χ3n) is 4.84. The number of nitrogens with one attached hydrogen (secondary N) is 1. The Bertz CT molecular complexity index is 868. The van der Waals surface area contributed by atoms with E-state index in [1.165, 1.54) is 11.6 Å². The van der Waals surface area contributed by atoms with Crippen LogP contribution in [0.25, 0.3) is 6.08 Å². The average Bonchev–Trinajstić information content (AvgIpc) is 2.77. The van der Waals surface area contributed by atoms with Crippen LogP contribution in [0.5, 0.6) is 11.5 Å². The molecular weight excluding hydrogens is 366 g/mol. The number of carbonyl (C=O) groups is 1. The minimum absolute atomic E-state index is 0.251. The van der Waals surface area contributed by atoms with Gasteiger partial charge in [-0.1, -0.05) is 36.4 Å². The smallest absolute Gasteiger partial charge is 0.264 e. The molecule has 1 saturated heterocycles. The van der Waals surface area contributed by atoms with E-state index in [4.69, 9.17) is 9.47 Å². The highest BCUT2D eigenvalue weighted by Crippen LogP contribution is 2.27. The number of piperidine rings is 1. The number of ether oxygens (including phenoxy) is 2. The topological polar surface area (TPSA) is 63.2 Å². The maximum Gasteiger partial charge on any atom is 0.264 e. The summed E-state index contributed by atoms with van der Waals surface area (Å²) >= 11 is 0. The van der Waals surface area contributed by atoms with Crippen molar-refractivity contribution in [3.63, 3.8) is 0 Å². The molecule has 152 valence electrons. The Morgan fingerprint density at radius 2 is 1.79 bits per heavy atom. The van der Waals surface area contributed by atoms with Crippen molar-refractivity contribution in [2.24, 2.45) is 5.10 Å². The van der Waals surface area contributed by atoms with Gasteiger partial charge in [0.1, 0.15) is 0 Å². The lowest BCUT2D eigenvalue weighted by molar-refractivity contribution is -0.116. The lowest BCUT2D eigenvalue weighted by Gasteiger charge is -2.27. The highest BCUT2D eigenvalue weighted by Gasteiger charge is 2.15. The van der Waals surface area contributed by atoms with Crippen LogP contribution in [0.2, 0.25) is 0 Å². The van der Waals surface area contributed by atoms with Gasteiger partial charge in [0.05, 0.1) is 14.2 Å². The molecule has 6 heteroatoms. The summed E-state index contributed by atoms with van der Waals surface area (Å²) in [7, 11) is 3.17. The second kappa shape index (κ2) is 10.4. The zero-order valence-electron chi connectivity index (χ0n) is 16.9. The molecule has 29 heavy (non-hydrogen) atoms. The molecule has 0 bridgehead atoms. The van der Waals surface area contributed by atoms with Crippen molar-refractivity contribution < 1.29 is 14.3 Å². The van der Waals surface area contributed by atoms with E-state index >= 15 is 0 Å². The molecular formula is C23H27N3O3. The highest BCUT2D eigenvalue weighted by atomic mass is 16.5. The van der Waals surface area contributed by atoms with E-state index < -0.39 is 0 Å². The second-order valence-corrected chi connectivity index (χ2v) is 6.86. The van der Waals surface area contributed by atoms with Crippen LogP contribution in [-0.2, 0) is 11.3 Å². The maximum absolute atomic E-state index is 12.1. The van der Waals surface area contributed by atoms with Gasteiger partial charge < -0.3 is 9.47 Å². The largest absolute Gasteiger partial charge is 0.493 e. The van der Waals surface area contributed by atoms with Crippen molar-refractivity contribution in [3.8, 4) is 11.5 Å². The van der Waals surface area contributed by atoms with Gasteiger partial charge in [-0.3, -0.25) is 9.69 Å². The standard InChI is InChI=1S/C23H27N3O3/c1-28-21-10-8-18(16-22(21)29-2)9-11-23(27)25-24-20-12-14-26(15-13-20)17-19-6-4-3-5-7-19/h3-11,16H,12-15,17H2,1-2H3,(H,25,27)/b11-9+. The Labute approximate surface area is 171 Å². The van der Waals surface area contributed by atoms with Crippen LogP contribution in [0.1, 0.15) is 24.0 Å². The van der Waals surface area contributed by atoms with Crippen LogP contribution in [0.15, 0.2) is 59.7 Å². The van der Waals surface area contributed by atoms with Crippen molar-refractivity contribution in [2.75, 3.05) is 27.3 Å². The summed E-state index contributed by atoms with van der Waals surface area (Å²) in [6, 6.07) is 15.9. The van der Waals surface area contributed by atoms with Gasteiger partial charge in [-0.05, 0) is 29.3 Å². The van der Waals surface area contributed by atoms with Crippen molar-refractivity contribution in [3.05, 3.63) is 65.7 Å². The van der Waals surface area contributed by atoms with Crippen LogP contribution in [-0.4, -0.2) is 43.8 Å². The Morgan fingerprint density at radius 3 is 2.48 bits per heavy atom. The zero-order valence-corrected chi connectivity index (χ0v) is 16.9. The number of amides is 1. The number of nitrogens with zero attached hydrogens (tertiary/aromatic N) is 2. The van der Waals surface area contributed by atoms with Crippen LogP contribution < -0.4 is 14.9 Å². The molecule has 0 aliphatic carbocycles. The van der Waals surface area contributed by atoms with Crippen LogP contribution in [0.3, 0.4) is 0 Å². The minimum Gasteiger partial charge on any atom is -0.493 e. The van der Waals surface area contributed by atoms with Crippen molar-refractivity contribution in [2.45, 2.75) is 19.4 Å². The molecule has 1 N–H and O–H groups in total. The first kappa shape index (κ1) is 20.6. The lowest BCUT2D eigenvalue weighted by Crippen LogP contribution is -2.34. The molecule has 1 fully saturated rings. The fraction of sp³-hybridized carbons (Fsp3) is 0.304. The number of hydrogen-bond donors (Lipinski definition) is 1. The SMILES string of the molecule is COc1ccc(/C=C/C(=O)NN=C2CCN(Cc3ccccc3)CC2)cc1OC. The summed E-state index contributed by atoms with van der Waals surface area (Å²) in [6.07, 6.45) is 4.93. The molecule has 2 aromatic carbocycles. The van der Waals surface area contributed by atoms with Crippen LogP contribution in [0, 0.1) is 0 Å². The van der Waals surface area contributed by atoms with Gasteiger partial charge in [0.25, 0.3) is 5.91 Å². The Kier molecular flexibility index (Phi) is 7.41. The number of rotatable bonds is 7. The number of methoxy groups -OCH3 is 2. The molecule has 1 aliphatic rings. The number of carbonyl (C=O) groups excluding carboxylic acids is 1. The summed E-state index contributed by atoms with van der Waals surface area (Å²) in [5, 5.41) is 4.29. The van der Waals surface area contributed by atoms with E-state index in [-0.39, 0.29) is 5.91 Å². The van der Waals surface area contributed by atoms with Gasteiger partial charge in [-0.2, -0.15) is 5.10 Å². The van der Waals surface area contributed by atoms with Crippen molar-refractivity contribution >= 4 is 17.7 Å². The quantitative estimate of drug-likeness (QED) is 0.578. The first-order valence-corrected chi connectivity index (χ1v) is 9.69. The predicted octanol–water partition coefficient (Wildman–Crippen LogP) is 3.49. The molecule has 1 aliphatic heterocycles. The van der Waals surface area contributed by atoms with Crippen molar-refractivity contribution in [1.82, 2.24) is 10.3 Å². The first-order chi connectivity index (χ1) is 14.2. The Morgan fingerprint density at radius 1 is 1.07 bits per heavy atom.